The van der Waals surface area contributed by atoms with Crippen molar-refractivity contribution in [1.29, 1.82) is 0 Å². The maximum absolute atomic E-state index is 11.9. The SMILES string of the molecule is COC(=O)c1cc(NC[C@H](C)N2CCOCC2)cc(C)c1[N+](=O)[O-]. The molecule has 0 aliphatic carbocycles. The third-order valence-corrected chi connectivity index (χ3v) is 4.16. The molecule has 132 valence electrons. The molecular formula is C16H23N3O5. The van der Waals surface area contributed by atoms with E-state index in [1.807, 2.05) is 0 Å². The fourth-order valence-electron chi connectivity index (χ4n) is 2.80. The van der Waals surface area contributed by atoms with Crippen LogP contribution < -0.4 is 5.32 Å². The summed E-state index contributed by atoms with van der Waals surface area (Å²) >= 11 is 0. The number of nitro groups is 1. The van der Waals surface area contributed by atoms with Gasteiger partial charge in [0.2, 0.25) is 0 Å². The normalized spacial score (nSPS) is 16.5. The summed E-state index contributed by atoms with van der Waals surface area (Å²) < 4.78 is 10.0. The van der Waals surface area contributed by atoms with Crippen LogP contribution >= 0.6 is 0 Å². The van der Waals surface area contributed by atoms with E-state index in [0.717, 1.165) is 26.3 Å². The smallest absolute Gasteiger partial charge is 0.344 e. The number of anilines is 1. The minimum atomic E-state index is -0.713. The van der Waals surface area contributed by atoms with Crippen LogP contribution in [0.5, 0.6) is 0 Å². The third-order valence-electron chi connectivity index (χ3n) is 4.16. The Hall–Kier alpha value is -2.19. The maximum atomic E-state index is 11.9. The van der Waals surface area contributed by atoms with Gasteiger partial charge in [-0.05, 0) is 26.0 Å². The number of hydrogen-bond acceptors (Lipinski definition) is 7. The number of nitrogens with one attached hydrogen (secondary N) is 1. The minimum absolute atomic E-state index is 0.0379. The fourth-order valence-corrected chi connectivity index (χ4v) is 2.80. The molecule has 0 aromatic heterocycles. The average molecular weight is 337 g/mol. The van der Waals surface area contributed by atoms with Crippen LogP contribution in [0.25, 0.3) is 0 Å². The highest BCUT2D eigenvalue weighted by molar-refractivity contribution is 5.95. The molecule has 0 amide bonds. The minimum Gasteiger partial charge on any atom is -0.465 e. The lowest BCUT2D eigenvalue weighted by atomic mass is 10.1. The van der Waals surface area contributed by atoms with Gasteiger partial charge in [0.05, 0.1) is 25.2 Å². The lowest BCUT2D eigenvalue weighted by Gasteiger charge is -2.32. The number of nitrogens with zero attached hydrogens (tertiary/aromatic N) is 2. The van der Waals surface area contributed by atoms with Gasteiger partial charge in [0, 0.05) is 36.9 Å². The second-order valence-corrected chi connectivity index (χ2v) is 5.82. The first kappa shape index (κ1) is 18.2. The first-order valence-corrected chi connectivity index (χ1v) is 7.87. The summed E-state index contributed by atoms with van der Waals surface area (Å²) in [5, 5.41) is 14.5. The quantitative estimate of drug-likeness (QED) is 0.481. The number of hydrogen-bond donors (Lipinski definition) is 1. The van der Waals surface area contributed by atoms with Crippen molar-refractivity contribution < 1.29 is 19.2 Å². The summed E-state index contributed by atoms with van der Waals surface area (Å²) in [6.07, 6.45) is 0. The zero-order valence-electron chi connectivity index (χ0n) is 14.2. The van der Waals surface area contributed by atoms with Gasteiger partial charge in [0.25, 0.3) is 5.69 Å². The molecule has 0 unspecified atom stereocenters. The number of nitro benzene ring substituents is 1. The molecule has 0 spiro atoms. The molecule has 8 heteroatoms. The van der Waals surface area contributed by atoms with Gasteiger partial charge in [0.15, 0.2) is 0 Å². The van der Waals surface area contributed by atoms with Gasteiger partial charge < -0.3 is 14.8 Å². The fraction of sp³-hybridized carbons (Fsp3) is 0.562. The van der Waals surface area contributed by atoms with Crippen LogP contribution in [0.2, 0.25) is 0 Å². The van der Waals surface area contributed by atoms with E-state index in [1.54, 1.807) is 13.0 Å². The summed E-state index contributed by atoms with van der Waals surface area (Å²) in [6, 6.07) is 3.44. The number of carbonyl (C=O) groups excluding carboxylic acids is 1. The molecular weight excluding hydrogens is 314 g/mol. The van der Waals surface area contributed by atoms with Crippen LogP contribution in [0.4, 0.5) is 11.4 Å². The Morgan fingerprint density at radius 3 is 2.71 bits per heavy atom. The summed E-state index contributed by atoms with van der Waals surface area (Å²) in [5.41, 5.74) is 0.834. The Labute approximate surface area is 140 Å². The Balaban J connectivity index is 2.14. The average Bonchev–Trinajstić information content (AvgIpc) is 2.58. The monoisotopic (exact) mass is 337 g/mol. The van der Waals surface area contributed by atoms with Gasteiger partial charge in [-0.25, -0.2) is 4.79 Å². The van der Waals surface area contributed by atoms with E-state index in [0.29, 0.717) is 17.8 Å². The van der Waals surface area contributed by atoms with Crippen LogP contribution in [0.15, 0.2) is 12.1 Å². The lowest BCUT2D eigenvalue weighted by molar-refractivity contribution is -0.385. The second-order valence-electron chi connectivity index (χ2n) is 5.82. The Morgan fingerprint density at radius 2 is 2.12 bits per heavy atom. The van der Waals surface area contributed by atoms with Gasteiger partial charge in [-0.15, -0.1) is 0 Å². The standard InChI is InChI=1S/C16H23N3O5/c1-11-8-13(9-14(16(20)23-3)15(11)19(21)22)17-10-12(2)18-4-6-24-7-5-18/h8-9,12,17H,4-7,10H2,1-3H3/t12-/m0/s1. The molecule has 0 saturated carbocycles. The van der Waals surface area contributed by atoms with E-state index >= 15 is 0 Å². The van der Waals surface area contributed by atoms with Crippen LogP contribution in [-0.4, -0.2) is 61.8 Å². The summed E-state index contributed by atoms with van der Waals surface area (Å²) in [4.78, 5) is 24.8. The Morgan fingerprint density at radius 1 is 1.46 bits per heavy atom. The molecule has 1 saturated heterocycles. The van der Waals surface area contributed by atoms with E-state index in [9.17, 15) is 14.9 Å². The molecule has 0 radical (unpaired) electrons. The van der Waals surface area contributed by atoms with Gasteiger partial charge >= 0.3 is 5.97 Å². The van der Waals surface area contributed by atoms with Crippen LogP contribution in [0, 0.1) is 17.0 Å². The molecule has 1 aliphatic heterocycles. The molecule has 1 aromatic rings. The number of morpholine rings is 1. The predicted molar refractivity (Wildman–Crippen MR) is 89.5 cm³/mol. The first-order valence-electron chi connectivity index (χ1n) is 7.87. The van der Waals surface area contributed by atoms with Crippen molar-refractivity contribution in [3.05, 3.63) is 33.4 Å². The number of esters is 1. The number of aryl methyl sites for hydroxylation is 1. The first-order chi connectivity index (χ1) is 11.4. The molecule has 1 fully saturated rings. The molecule has 2 rings (SSSR count). The Bertz CT molecular complexity index is 614. The largest absolute Gasteiger partial charge is 0.465 e. The molecule has 1 aliphatic rings. The number of rotatable bonds is 6. The molecule has 8 nitrogen and oxygen atoms in total. The van der Waals surface area contributed by atoms with E-state index in [1.165, 1.54) is 13.2 Å². The van der Waals surface area contributed by atoms with E-state index in [4.69, 9.17) is 4.74 Å². The number of carbonyl (C=O) groups is 1. The molecule has 0 bridgehead atoms. The van der Waals surface area contributed by atoms with Gasteiger partial charge in [-0.2, -0.15) is 0 Å². The molecule has 1 aromatic carbocycles. The van der Waals surface area contributed by atoms with Crippen molar-refractivity contribution in [2.24, 2.45) is 0 Å². The van der Waals surface area contributed by atoms with Crippen molar-refractivity contribution in [3.8, 4) is 0 Å². The van der Waals surface area contributed by atoms with Crippen molar-refractivity contribution >= 4 is 17.3 Å². The van der Waals surface area contributed by atoms with Gasteiger partial charge in [-0.1, -0.05) is 0 Å². The van der Waals surface area contributed by atoms with Crippen molar-refractivity contribution in [3.63, 3.8) is 0 Å². The highest BCUT2D eigenvalue weighted by Gasteiger charge is 2.25. The highest BCUT2D eigenvalue weighted by atomic mass is 16.6. The molecule has 1 atom stereocenters. The second kappa shape index (κ2) is 8.07. The highest BCUT2D eigenvalue weighted by Crippen LogP contribution is 2.28. The maximum Gasteiger partial charge on any atom is 0.344 e. The third kappa shape index (κ3) is 4.21. The predicted octanol–water partition coefficient (Wildman–Crippen LogP) is 1.82. The Kier molecular flexibility index (Phi) is 6.10. The number of benzene rings is 1. The molecule has 1 heterocycles. The van der Waals surface area contributed by atoms with E-state index < -0.39 is 10.9 Å². The van der Waals surface area contributed by atoms with Crippen molar-refractivity contribution in [2.45, 2.75) is 19.9 Å². The topological polar surface area (TPSA) is 93.9 Å². The van der Waals surface area contributed by atoms with Crippen molar-refractivity contribution in [2.75, 3.05) is 45.3 Å². The van der Waals surface area contributed by atoms with Crippen molar-refractivity contribution in [1.82, 2.24) is 4.90 Å². The zero-order chi connectivity index (χ0) is 17.7. The summed E-state index contributed by atoms with van der Waals surface area (Å²) in [7, 11) is 1.21. The zero-order valence-corrected chi connectivity index (χ0v) is 14.2. The lowest BCUT2D eigenvalue weighted by Crippen LogP contribution is -2.45. The molecule has 24 heavy (non-hydrogen) atoms. The number of ether oxygens (including phenoxy) is 2. The summed E-state index contributed by atoms with van der Waals surface area (Å²) in [5.74, 6) is -0.713. The number of methoxy groups -OCH3 is 1. The summed E-state index contributed by atoms with van der Waals surface area (Å²) in [6.45, 7) is 7.61. The van der Waals surface area contributed by atoms with E-state index in [-0.39, 0.29) is 17.3 Å². The van der Waals surface area contributed by atoms with E-state index in [2.05, 4.69) is 21.9 Å². The van der Waals surface area contributed by atoms with Crippen LogP contribution in [0.3, 0.4) is 0 Å². The van der Waals surface area contributed by atoms with Gasteiger partial charge in [0.1, 0.15) is 5.56 Å². The molecule has 1 N–H and O–H groups in total. The van der Waals surface area contributed by atoms with Gasteiger partial charge in [-0.3, -0.25) is 15.0 Å². The van der Waals surface area contributed by atoms with Crippen LogP contribution in [-0.2, 0) is 9.47 Å². The van der Waals surface area contributed by atoms with Crippen LogP contribution in [0.1, 0.15) is 22.8 Å².